The van der Waals surface area contributed by atoms with E-state index in [1.165, 1.54) is 23.9 Å². The minimum Gasteiger partial charge on any atom is -0.549 e. The molecule has 0 aromatic heterocycles. The van der Waals surface area contributed by atoms with Crippen LogP contribution in [0.25, 0.3) is 0 Å². The number of carboxylic acid groups (broad SMARTS) is 1. The summed E-state index contributed by atoms with van der Waals surface area (Å²) in [6, 6.07) is 4.14. The van der Waals surface area contributed by atoms with E-state index in [0.717, 1.165) is 0 Å². The fraction of sp³-hybridized carbons (Fsp3) is 0.222. The van der Waals surface area contributed by atoms with Gasteiger partial charge in [0.1, 0.15) is 4.90 Å². The molecular weight excluding hydrogens is 266 g/mol. The zero-order valence-corrected chi connectivity index (χ0v) is 10.4. The van der Waals surface area contributed by atoms with Gasteiger partial charge in [0.15, 0.2) is 0 Å². The van der Waals surface area contributed by atoms with E-state index in [0.29, 0.717) is 4.90 Å². The average Bonchev–Trinajstić information content (AvgIpc) is 2.27. The number of nitrogens with zero attached hydrogens (tertiary/aromatic N) is 1. The second kappa shape index (κ2) is 5.78. The van der Waals surface area contributed by atoms with Crippen LogP contribution in [0.3, 0.4) is 0 Å². The first-order chi connectivity index (χ1) is 7.95. The van der Waals surface area contributed by atoms with E-state index < -0.39 is 27.4 Å². The Morgan fingerprint density at radius 3 is 2.65 bits per heavy atom. The topological polar surface area (TPSA) is 100 Å². The smallest absolute Gasteiger partial charge is 0.286 e. The summed E-state index contributed by atoms with van der Waals surface area (Å²) in [5.41, 5.74) is -0.337. The second-order valence-corrected chi connectivity index (χ2v) is 5.25. The molecule has 0 spiro atoms. The van der Waals surface area contributed by atoms with Crippen LogP contribution in [0.5, 0.6) is 0 Å². The Morgan fingerprint density at radius 1 is 1.53 bits per heavy atom. The highest BCUT2D eigenvalue weighted by Crippen LogP contribution is 2.27. The van der Waals surface area contributed by atoms with Gasteiger partial charge >= 0.3 is 0 Å². The van der Waals surface area contributed by atoms with E-state index in [1.54, 1.807) is 12.3 Å². The van der Waals surface area contributed by atoms with Gasteiger partial charge in [-0.3, -0.25) is 14.3 Å². The lowest BCUT2D eigenvalue weighted by Gasteiger charge is -2.05. The molecule has 0 radical (unpaired) electrons. The number of hydrogen-bond acceptors (Lipinski definition) is 6. The minimum absolute atomic E-state index is 0.1000. The first-order valence-electron chi connectivity index (χ1n) is 4.36. The maximum atomic E-state index is 11.6. The molecule has 6 nitrogen and oxygen atoms in total. The third kappa shape index (κ3) is 3.53. The molecule has 92 valence electrons. The molecule has 0 aliphatic heterocycles. The Balaban J connectivity index is 3.19. The molecule has 0 aliphatic carbocycles. The van der Waals surface area contributed by atoms with Gasteiger partial charge in [0.05, 0.1) is 27.4 Å². The first-order valence-corrected chi connectivity index (χ1v) is 6.90. The van der Waals surface area contributed by atoms with Crippen molar-refractivity contribution in [2.75, 3.05) is 12.0 Å². The number of rotatable bonds is 5. The van der Waals surface area contributed by atoms with Gasteiger partial charge in [-0.15, -0.1) is 11.8 Å². The standard InChI is InChI=1S/C9H9NO5S2/c1-16-6-2-3-8(7(4-6)10(13)14)17(15)5-9(11)12/h2-4H,5H2,1H3,(H,11,12)/p-1/t17-/m1/s1. The third-order valence-electron chi connectivity index (χ3n) is 1.86. The van der Waals surface area contributed by atoms with Crippen molar-refractivity contribution in [1.29, 1.82) is 0 Å². The number of hydrogen-bond donors (Lipinski definition) is 0. The molecule has 0 saturated heterocycles. The second-order valence-electron chi connectivity index (χ2n) is 2.95. The number of aliphatic carboxylic acids is 1. The largest absolute Gasteiger partial charge is 0.549 e. The van der Waals surface area contributed by atoms with Gasteiger partial charge in [0.25, 0.3) is 5.69 Å². The Morgan fingerprint density at radius 2 is 2.18 bits per heavy atom. The van der Waals surface area contributed by atoms with Crippen LogP contribution in [0.4, 0.5) is 5.69 Å². The predicted octanol–water partition coefficient (Wildman–Crippen LogP) is 0.174. The van der Waals surface area contributed by atoms with Gasteiger partial charge in [-0.25, -0.2) is 0 Å². The Hall–Kier alpha value is -1.41. The van der Waals surface area contributed by atoms with E-state index >= 15 is 0 Å². The summed E-state index contributed by atoms with van der Waals surface area (Å²) in [4.78, 5) is 21.0. The average molecular weight is 274 g/mol. The van der Waals surface area contributed by atoms with E-state index in [-0.39, 0.29) is 10.6 Å². The van der Waals surface area contributed by atoms with Crippen molar-refractivity contribution in [2.45, 2.75) is 9.79 Å². The van der Waals surface area contributed by atoms with E-state index in [9.17, 15) is 24.2 Å². The SMILES string of the molecule is CSc1ccc([S@](=O)CC(=O)[O-])c([N+](=O)[O-])c1. The molecule has 8 heteroatoms. The summed E-state index contributed by atoms with van der Waals surface area (Å²) in [6.07, 6.45) is 1.75. The molecule has 0 N–H and O–H groups in total. The van der Waals surface area contributed by atoms with Gasteiger partial charge in [-0.2, -0.15) is 0 Å². The van der Waals surface area contributed by atoms with Crippen LogP contribution in [0.15, 0.2) is 28.0 Å². The zero-order valence-electron chi connectivity index (χ0n) is 8.74. The van der Waals surface area contributed by atoms with Crippen molar-refractivity contribution in [1.82, 2.24) is 0 Å². The quantitative estimate of drug-likeness (QED) is 0.431. The molecule has 0 aliphatic rings. The number of thioether (sulfide) groups is 1. The Kier molecular flexibility index (Phi) is 4.64. The molecule has 0 unspecified atom stereocenters. The molecular formula is C9H8NO5S2-. The lowest BCUT2D eigenvalue weighted by molar-refractivity contribution is -0.388. The van der Waals surface area contributed by atoms with E-state index in [4.69, 9.17) is 0 Å². The Labute approximate surface area is 104 Å². The van der Waals surface area contributed by atoms with Crippen molar-refractivity contribution >= 4 is 34.2 Å². The molecule has 1 atom stereocenters. The molecule has 1 aromatic carbocycles. The lowest BCUT2D eigenvalue weighted by Crippen LogP contribution is -2.28. The maximum Gasteiger partial charge on any atom is 0.286 e. The summed E-state index contributed by atoms with van der Waals surface area (Å²) < 4.78 is 11.6. The molecule has 1 aromatic rings. The monoisotopic (exact) mass is 274 g/mol. The summed E-state index contributed by atoms with van der Waals surface area (Å²) in [5.74, 6) is -2.26. The van der Waals surface area contributed by atoms with Gasteiger partial charge in [0.2, 0.25) is 0 Å². The molecule has 1 rings (SSSR count). The third-order valence-corrected chi connectivity index (χ3v) is 3.92. The van der Waals surface area contributed by atoms with E-state index in [1.807, 2.05) is 0 Å². The number of carbonyl (C=O) groups excluding carboxylic acids is 1. The predicted molar refractivity (Wildman–Crippen MR) is 61.2 cm³/mol. The molecule has 0 amide bonds. The van der Waals surface area contributed by atoms with Crippen molar-refractivity contribution in [3.05, 3.63) is 28.3 Å². The van der Waals surface area contributed by atoms with Crippen LogP contribution in [0.1, 0.15) is 0 Å². The molecule has 17 heavy (non-hydrogen) atoms. The minimum atomic E-state index is -1.97. The van der Waals surface area contributed by atoms with Crippen LogP contribution in [-0.2, 0) is 15.6 Å². The van der Waals surface area contributed by atoms with Crippen molar-refractivity contribution < 1.29 is 19.0 Å². The van der Waals surface area contributed by atoms with Crippen LogP contribution >= 0.6 is 11.8 Å². The van der Waals surface area contributed by atoms with Crippen molar-refractivity contribution in [2.24, 2.45) is 0 Å². The summed E-state index contributed by atoms with van der Waals surface area (Å²) in [6.45, 7) is 0. The highest BCUT2D eigenvalue weighted by molar-refractivity contribution is 7.98. The van der Waals surface area contributed by atoms with Crippen LogP contribution in [0, 0.1) is 10.1 Å². The van der Waals surface area contributed by atoms with Crippen LogP contribution in [0.2, 0.25) is 0 Å². The van der Waals surface area contributed by atoms with Gasteiger partial charge in [0, 0.05) is 11.0 Å². The van der Waals surface area contributed by atoms with Gasteiger partial charge in [-0.05, 0) is 18.4 Å². The highest BCUT2D eigenvalue weighted by atomic mass is 32.2. The van der Waals surface area contributed by atoms with Crippen LogP contribution in [-0.4, -0.2) is 27.1 Å². The van der Waals surface area contributed by atoms with Crippen molar-refractivity contribution in [3.63, 3.8) is 0 Å². The van der Waals surface area contributed by atoms with Gasteiger partial charge < -0.3 is 9.90 Å². The van der Waals surface area contributed by atoms with Crippen molar-refractivity contribution in [3.8, 4) is 0 Å². The fourth-order valence-electron chi connectivity index (χ4n) is 1.14. The van der Waals surface area contributed by atoms with Crippen LogP contribution < -0.4 is 5.11 Å². The number of nitro benzene ring substituents is 1. The summed E-state index contributed by atoms with van der Waals surface area (Å²) >= 11 is 1.30. The number of nitro groups is 1. The summed E-state index contributed by atoms with van der Waals surface area (Å²) in [5, 5.41) is 21.1. The number of carboxylic acids is 1. The molecule has 0 bridgehead atoms. The maximum absolute atomic E-state index is 11.6. The first kappa shape index (κ1) is 13.7. The highest BCUT2D eigenvalue weighted by Gasteiger charge is 2.19. The number of benzene rings is 1. The zero-order chi connectivity index (χ0) is 13.0. The molecule has 0 saturated carbocycles. The molecule has 0 fully saturated rings. The Bertz CT molecular complexity index is 488. The number of carbonyl (C=O) groups is 1. The summed E-state index contributed by atoms with van der Waals surface area (Å²) in [7, 11) is -1.97. The van der Waals surface area contributed by atoms with E-state index in [2.05, 4.69) is 0 Å². The van der Waals surface area contributed by atoms with Gasteiger partial charge in [-0.1, -0.05) is 0 Å². The fourth-order valence-corrected chi connectivity index (χ4v) is 2.53. The normalized spacial score (nSPS) is 12.1. The molecule has 0 heterocycles. The lowest BCUT2D eigenvalue weighted by atomic mass is 10.3.